The number of hydrogen-bond donors (Lipinski definition) is 5. The van der Waals surface area contributed by atoms with Crippen molar-refractivity contribution in [2.75, 3.05) is 0 Å². The van der Waals surface area contributed by atoms with Crippen LogP contribution in [0.2, 0.25) is 10.0 Å². The van der Waals surface area contributed by atoms with Gasteiger partial charge in [0.25, 0.3) is 0 Å². The van der Waals surface area contributed by atoms with Crippen molar-refractivity contribution < 1.29 is 34.3 Å². The van der Waals surface area contributed by atoms with Crippen LogP contribution in [0, 0.1) is 32.4 Å². The van der Waals surface area contributed by atoms with Crippen LogP contribution in [0.15, 0.2) is 104 Å². The monoisotopic (exact) mass is 821 g/mol. The molecule has 0 fully saturated rings. The number of phenols is 5. The molecular formula is C33H27Cl2F2N15O5. The highest BCUT2D eigenvalue weighted by Crippen LogP contribution is 2.36. The predicted octanol–water partition coefficient (Wildman–Crippen LogP) is 14.2. The minimum atomic E-state index is -1.26. The summed E-state index contributed by atoms with van der Waals surface area (Å²) in [6.07, 6.45) is 0. The van der Waals surface area contributed by atoms with Crippen molar-refractivity contribution >= 4 is 51.6 Å². The highest BCUT2D eigenvalue weighted by atomic mass is 35.5. The fourth-order valence-corrected chi connectivity index (χ4v) is 4.19. The van der Waals surface area contributed by atoms with Crippen molar-refractivity contribution in [1.29, 1.82) is 0 Å². The fraction of sp³-hybridized carbons (Fsp3) is 0.0909. The Morgan fingerprint density at radius 2 is 1.05 bits per heavy atom. The summed E-state index contributed by atoms with van der Waals surface area (Å²) in [5, 5.41) is 61.7. The zero-order chi connectivity index (χ0) is 43.1. The minimum absolute atomic E-state index is 0.0140. The van der Waals surface area contributed by atoms with E-state index in [1.54, 1.807) is 56.3 Å². The SMILES string of the molecule is Cc1c(O)cccc1N=[N+]=[N-].Cc1cc(O)cc(N=[N+]=[N-])c1.Cc1ccc(N=[N+]=[N-])c(Cl)c1O.[N-]=[N+]=Nc1cc(O)cc(Cl)c1.[N-]=[N+]=Nc1ccc(F)c(O)c1F. The molecule has 24 heteroatoms. The van der Waals surface area contributed by atoms with Crippen molar-refractivity contribution in [2.24, 2.45) is 25.6 Å². The summed E-state index contributed by atoms with van der Waals surface area (Å²) in [5.74, 6) is -3.28. The molecule has 57 heavy (non-hydrogen) atoms. The lowest BCUT2D eigenvalue weighted by Gasteiger charge is -2.02. The average molecular weight is 823 g/mol. The number of halogens is 4. The Morgan fingerprint density at radius 3 is 1.60 bits per heavy atom. The molecule has 0 amide bonds. The van der Waals surface area contributed by atoms with Gasteiger partial charge in [-0.25, -0.2) is 8.78 Å². The largest absolute Gasteiger partial charge is 0.508 e. The number of benzene rings is 5. The average Bonchev–Trinajstić information content (AvgIpc) is 3.15. The number of aromatic hydroxyl groups is 5. The number of nitrogens with zero attached hydrogens (tertiary/aromatic N) is 15. The van der Waals surface area contributed by atoms with Gasteiger partial charge in [0.15, 0.2) is 17.4 Å². The van der Waals surface area contributed by atoms with E-state index in [1.165, 1.54) is 24.3 Å². The van der Waals surface area contributed by atoms with Crippen LogP contribution in [0.4, 0.5) is 37.2 Å². The maximum Gasteiger partial charge on any atom is 0.188 e. The Balaban J connectivity index is 0.000000356. The molecule has 0 aromatic heterocycles. The van der Waals surface area contributed by atoms with Gasteiger partial charge in [-0.05, 0) is 114 Å². The Bertz CT molecular complexity index is 2290. The molecule has 0 radical (unpaired) electrons. The number of hydrogen-bond acceptors (Lipinski definition) is 10. The van der Waals surface area contributed by atoms with Crippen molar-refractivity contribution in [3.8, 4) is 28.7 Å². The van der Waals surface area contributed by atoms with Crippen LogP contribution in [-0.2, 0) is 0 Å². The van der Waals surface area contributed by atoms with Gasteiger partial charge in [0.1, 0.15) is 23.0 Å². The summed E-state index contributed by atoms with van der Waals surface area (Å²) in [6.45, 7) is 5.22. The quantitative estimate of drug-likeness (QED) is 0.0653. The third-order valence-electron chi connectivity index (χ3n) is 6.31. The first kappa shape index (κ1) is 47.1. The van der Waals surface area contributed by atoms with Crippen LogP contribution in [0.3, 0.4) is 0 Å². The second-order valence-electron chi connectivity index (χ2n) is 10.4. The molecule has 0 aliphatic rings. The zero-order valence-electron chi connectivity index (χ0n) is 29.5. The maximum absolute atomic E-state index is 12.7. The first-order valence-corrected chi connectivity index (χ1v) is 15.8. The molecule has 0 saturated heterocycles. The van der Waals surface area contributed by atoms with Gasteiger partial charge in [-0.1, -0.05) is 73.0 Å². The van der Waals surface area contributed by atoms with Crippen molar-refractivity contribution in [3.05, 3.63) is 169 Å². The molecule has 5 aromatic rings. The van der Waals surface area contributed by atoms with Crippen LogP contribution < -0.4 is 0 Å². The second-order valence-corrected chi connectivity index (χ2v) is 11.2. The Morgan fingerprint density at radius 1 is 0.544 bits per heavy atom. The van der Waals surface area contributed by atoms with Gasteiger partial charge in [0.2, 0.25) is 0 Å². The molecule has 5 aromatic carbocycles. The molecule has 0 aliphatic carbocycles. The van der Waals surface area contributed by atoms with E-state index in [9.17, 15) is 13.9 Å². The molecule has 0 bridgehead atoms. The van der Waals surface area contributed by atoms with Gasteiger partial charge in [-0.3, -0.25) is 0 Å². The minimum Gasteiger partial charge on any atom is -0.508 e. The first-order chi connectivity index (χ1) is 27.0. The predicted molar refractivity (Wildman–Crippen MR) is 209 cm³/mol. The molecule has 20 nitrogen and oxygen atoms in total. The summed E-state index contributed by atoms with van der Waals surface area (Å²) in [4.78, 5) is 12.6. The zero-order valence-corrected chi connectivity index (χ0v) is 31.0. The lowest BCUT2D eigenvalue weighted by Crippen LogP contribution is -1.81. The molecule has 0 saturated carbocycles. The van der Waals surface area contributed by atoms with Gasteiger partial charge in [0, 0.05) is 52.2 Å². The summed E-state index contributed by atoms with van der Waals surface area (Å²) in [5.41, 5.74) is 43.4. The van der Waals surface area contributed by atoms with Crippen molar-refractivity contribution in [2.45, 2.75) is 20.8 Å². The van der Waals surface area contributed by atoms with Crippen LogP contribution >= 0.6 is 23.2 Å². The van der Waals surface area contributed by atoms with E-state index in [-0.39, 0.29) is 33.7 Å². The number of azide groups is 5. The molecule has 5 N–H and O–H groups in total. The highest BCUT2D eigenvalue weighted by molar-refractivity contribution is 6.34. The second kappa shape index (κ2) is 24.4. The van der Waals surface area contributed by atoms with Gasteiger partial charge in [0.05, 0.1) is 16.4 Å². The normalized spacial score (nSPS) is 8.96. The Labute approximate surface area is 329 Å². The molecule has 0 heterocycles. The molecule has 0 atom stereocenters. The third kappa shape index (κ3) is 16.3. The highest BCUT2D eigenvalue weighted by Gasteiger charge is 2.10. The van der Waals surface area contributed by atoms with E-state index < -0.39 is 23.1 Å². The smallest absolute Gasteiger partial charge is 0.188 e. The van der Waals surface area contributed by atoms with E-state index in [0.717, 1.165) is 17.7 Å². The maximum atomic E-state index is 12.7. The molecule has 292 valence electrons. The summed E-state index contributed by atoms with van der Waals surface area (Å²) < 4.78 is 25.1. The number of phenolic OH excluding ortho intramolecular Hbond substituents is 5. The van der Waals surface area contributed by atoms with Crippen molar-refractivity contribution in [1.82, 2.24) is 0 Å². The standard InChI is InChI=1S/C7H6ClN3O.2C7H7N3O.C6H4ClN3O.C6H3F2N3O/c1-4-2-3-5(10-11-9)6(8)7(4)12;1-5-2-6(9-10-8)4-7(11)3-5;1-5-6(9-10-8)3-2-4-7(5)11;7-4-1-5(9-10-8)3-6(11)2-4;7-3-1-2-4(10-11-9)5(8)6(3)12/h2-3,12H,1H3;2*2-4,11H,1H3;1-3,11H;1-2,12H. The van der Waals surface area contributed by atoms with E-state index in [4.69, 9.17) is 71.3 Å². The Kier molecular flexibility index (Phi) is 20.2. The molecular weight excluding hydrogens is 795 g/mol. The van der Waals surface area contributed by atoms with Crippen molar-refractivity contribution in [3.63, 3.8) is 0 Å². The van der Waals surface area contributed by atoms with E-state index in [0.29, 0.717) is 33.2 Å². The topological polar surface area (TPSA) is 345 Å². The summed E-state index contributed by atoms with van der Waals surface area (Å²) >= 11 is 11.2. The lowest BCUT2D eigenvalue weighted by molar-refractivity contribution is 0.397. The third-order valence-corrected chi connectivity index (χ3v) is 6.90. The van der Waals surface area contributed by atoms with Crippen LogP contribution in [0.1, 0.15) is 16.7 Å². The van der Waals surface area contributed by atoms with E-state index >= 15 is 0 Å². The molecule has 0 unspecified atom stereocenters. The van der Waals surface area contributed by atoms with Gasteiger partial charge < -0.3 is 25.5 Å². The van der Waals surface area contributed by atoms with Gasteiger partial charge in [-0.2, -0.15) is 0 Å². The van der Waals surface area contributed by atoms with Gasteiger partial charge >= 0.3 is 0 Å². The number of rotatable bonds is 5. The van der Waals surface area contributed by atoms with Crippen LogP contribution in [0.5, 0.6) is 28.7 Å². The summed E-state index contributed by atoms with van der Waals surface area (Å²) in [7, 11) is 0. The van der Waals surface area contributed by atoms with Gasteiger partial charge in [-0.15, -0.1) is 0 Å². The first-order valence-electron chi connectivity index (χ1n) is 15.0. The van der Waals surface area contributed by atoms with Crippen LogP contribution in [0.25, 0.3) is 52.2 Å². The summed E-state index contributed by atoms with van der Waals surface area (Å²) in [6, 6.07) is 18.6. The number of aryl methyl sites for hydroxylation is 2. The lowest BCUT2D eigenvalue weighted by atomic mass is 10.2. The van der Waals surface area contributed by atoms with Crippen LogP contribution in [-0.4, -0.2) is 25.5 Å². The Hall–Kier alpha value is -7.91. The molecule has 5 rings (SSSR count). The fourth-order valence-electron chi connectivity index (χ4n) is 3.72. The van der Waals surface area contributed by atoms with E-state index in [1.807, 2.05) is 6.92 Å². The molecule has 0 spiro atoms. The van der Waals surface area contributed by atoms with E-state index in [2.05, 4.69) is 50.1 Å². The molecule has 0 aliphatic heterocycles.